The van der Waals surface area contributed by atoms with Crippen molar-refractivity contribution in [3.63, 3.8) is 0 Å². The minimum Gasteiger partial charge on any atom is -0.382 e. The third kappa shape index (κ3) is 2.76. The number of benzene rings is 1. The summed E-state index contributed by atoms with van der Waals surface area (Å²) in [6.45, 7) is 0.802. The SMILES string of the molecule is COCC(O)(c1ccccc1)C1(CN)CCCCCC1. The number of methoxy groups -OCH3 is 1. The summed E-state index contributed by atoms with van der Waals surface area (Å²) in [6.07, 6.45) is 6.68. The molecule has 3 N–H and O–H groups in total. The average molecular weight is 277 g/mol. The predicted octanol–water partition coefficient (Wildman–Crippen LogP) is 2.82. The average Bonchev–Trinajstić information content (AvgIpc) is 2.75. The third-order valence-electron chi connectivity index (χ3n) is 4.93. The highest BCUT2D eigenvalue weighted by atomic mass is 16.5. The number of aliphatic hydroxyl groups is 1. The van der Waals surface area contributed by atoms with E-state index in [1.807, 2.05) is 30.3 Å². The first kappa shape index (κ1) is 15.5. The smallest absolute Gasteiger partial charge is 0.120 e. The maximum Gasteiger partial charge on any atom is 0.120 e. The summed E-state index contributed by atoms with van der Waals surface area (Å²) in [4.78, 5) is 0. The highest BCUT2D eigenvalue weighted by molar-refractivity contribution is 5.26. The quantitative estimate of drug-likeness (QED) is 0.814. The van der Waals surface area contributed by atoms with Crippen LogP contribution in [0.2, 0.25) is 0 Å². The van der Waals surface area contributed by atoms with Gasteiger partial charge < -0.3 is 15.6 Å². The maximum atomic E-state index is 11.5. The van der Waals surface area contributed by atoms with Crippen LogP contribution in [0.25, 0.3) is 0 Å². The van der Waals surface area contributed by atoms with E-state index in [0.29, 0.717) is 13.2 Å². The highest BCUT2D eigenvalue weighted by Gasteiger charge is 2.50. The first-order chi connectivity index (χ1) is 9.68. The van der Waals surface area contributed by atoms with Crippen LogP contribution in [0.4, 0.5) is 0 Å². The molecule has 1 aliphatic carbocycles. The van der Waals surface area contributed by atoms with Crippen LogP contribution in [0.5, 0.6) is 0 Å². The molecule has 1 fully saturated rings. The molecule has 0 radical (unpaired) electrons. The topological polar surface area (TPSA) is 55.5 Å². The van der Waals surface area contributed by atoms with Crippen molar-refractivity contribution in [1.82, 2.24) is 0 Å². The van der Waals surface area contributed by atoms with Crippen molar-refractivity contribution in [1.29, 1.82) is 0 Å². The van der Waals surface area contributed by atoms with E-state index in [4.69, 9.17) is 10.5 Å². The second kappa shape index (κ2) is 6.70. The number of hydrogen-bond donors (Lipinski definition) is 2. The van der Waals surface area contributed by atoms with Gasteiger partial charge >= 0.3 is 0 Å². The molecule has 0 amide bonds. The van der Waals surface area contributed by atoms with Crippen LogP contribution in [-0.2, 0) is 10.3 Å². The van der Waals surface area contributed by atoms with E-state index in [-0.39, 0.29) is 5.41 Å². The van der Waals surface area contributed by atoms with Gasteiger partial charge in [0.1, 0.15) is 5.60 Å². The summed E-state index contributed by atoms with van der Waals surface area (Å²) >= 11 is 0. The molecule has 0 heterocycles. The molecule has 1 aliphatic rings. The molecule has 0 saturated heterocycles. The van der Waals surface area contributed by atoms with Gasteiger partial charge in [0.05, 0.1) is 6.61 Å². The van der Waals surface area contributed by atoms with E-state index in [2.05, 4.69) is 0 Å². The Morgan fingerprint density at radius 2 is 1.75 bits per heavy atom. The van der Waals surface area contributed by atoms with Gasteiger partial charge in [0, 0.05) is 19.1 Å². The Balaban J connectivity index is 2.43. The molecular formula is C17H27NO2. The highest BCUT2D eigenvalue weighted by Crippen LogP contribution is 2.48. The zero-order valence-corrected chi connectivity index (χ0v) is 12.5. The fourth-order valence-electron chi connectivity index (χ4n) is 3.66. The largest absolute Gasteiger partial charge is 0.382 e. The molecule has 0 bridgehead atoms. The van der Waals surface area contributed by atoms with Crippen LogP contribution >= 0.6 is 0 Å². The Bertz CT molecular complexity index is 399. The van der Waals surface area contributed by atoms with E-state index < -0.39 is 5.60 Å². The number of ether oxygens (including phenoxy) is 1. The van der Waals surface area contributed by atoms with Gasteiger partial charge in [0.25, 0.3) is 0 Å². The summed E-state index contributed by atoms with van der Waals surface area (Å²) in [5.74, 6) is 0. The minimum absolute atomic E-state index is 0.277. The Morgan fingerprint density at radius 3 is 2.25 bits per heavy atom. The number of rotatable bonds is 5. The van der Waals surface area contributed by atoms with Crippen LogP contribution in [0.3, 0.4) is 0 Å². The summed E-state index contributed by atoms with van der Waals surface area (Å²) in [5.41, 5.74) is 5.80. The second-order valence-corrected chi connectivity index (χ2v) is 6.06. The van der Waals surface area contributed by atoms with Crippen LogP contribution in [0.1, 0.15) is 44.1 Å². The molecule has 112 valence electrons. The lowest BCUT2D eigenvalue weighted by atomic mass is 9.64. The second-order valence-electron chi connectivity index (χ2n) is 6.06. The van der Waals surface area contributed by atoms with E-state index in [0.717, 1.165) is 31.2 Å². The molecule has 3 heteroatoms. The molecule has 0 aliphatic heterocycles. The summed E-state index contributed by atoms with van der Waals surface area (Å²) < 4.78 is 5.38. The monoisotopic (exact) mass is 277 g/mol. The van der Waals surface area contributed by atoms with Gasteiger partial charge in [-0.1, -0.05) is 56.0 Å². The summed E-state index contributed by atoms with van der Waals surface area (Å²) in [7, 11) is 1.65. The molecule has 1 aromatic carbocycles. The predicted molar refractivity (Wildman–Crippen MR) is 81.4 cm³/mol. The van der Waals surface area contributed by atoms with Gasteiger partial charge in [0.15, 0.2) is 0 Å². The summed E-state index contributed by atoms with van der Waals surface area (Å²) in [5, 5.41) is 11.5. The van der Waals surface area contributed by atoms with E-state index in [9.17, 15) is 5.11 Å². The van der Waals surface area contributed by atoms with Crippen molar-refractivity contribution < 1.29 is 9.84 Å². The fraction of sp³-hybridized carbons (Fsp3) is 0.647. The molecule has 0 aromatic heterocycles. The molecule has 1 saturated carbocycles. The molecule has 1 aromatic rings. The Labute approximate surface area is 122 Å². The van der Waals surface area contributed by atoms with Gasteiger partial charge in [-0.15, -0.1) is 0 Å². The summed E-state index contributed by atoms with van der Waals surface area (Å²) in [6, 6.07) is 9.88. The molecular weight excluding hydrogens is 250 g/mol. The van der Waals surface area contributed by atoms with Crippen LogP contribution in [-0.4, -0.2) is 25.4 Å². The zero-order chi connectivity index (χ0) is 14.5. The molecule has 3 nitrogen and oxygen atoms in total. The van der Waals surface area contributed by atoms with Crippen molar-refractivity contribution in [2.45, 2.75) is 44.1 Å². The molecule has 1 atom stereocenters. The van der Waals surface area contributed by atoms with Crippen molar-refractivity contribution in [2.24, 2.45) is 11.1 Å². The normalized spacial score (nSPS) is 21.9. The van der Waals surface area contributed by atoms with Crippen LogP contribution in [0, 0.1) is 5.41 Å². The van der Waals surface area contributed by atoms with E-state index in [1.54, 1.807) is 7.11 Å². The van der Waals surface area contributed by atoms with Crippen molar-refractivity contribution in [2.75, 3.05) is 20.3 Å². The molecule has 20 heavy (non-hydrogen) atoms. The van der Waals surface area contributed by atoms with E-state index >= 15 is 0 Å². The van der Waals surface area contributed by atoms with Gasteiger partial charge in [-0.05, 0) is 18.4 Å². The van der Waals surface area contributed by atoms with Crippen molar-refractivity contribution in [3.05, 3.63) is 35.9 Å². The first-order valence-electron chi connectivity index (χ1n) is 7.65. The molecule has 1 unspecified atom stereocenters. The van der Waals surface area contributed by atoms with Crippen LogP contribution in [0.15, 0.2) is 30.3 Å². The first-order valence-corrected chi connectivity index (χ1v) is 7.65. The van der Waals surface area contributed by atoms with E-state index in [1.165, 1.54) is 12.8 Å². The van der Waals surface area contributed by atoms with Gasteiger partial charge in [-0.3, -0.25) is 0 Å². The lowest BCUT2D eigenvalue weighted by molar-refractivity contribution is -0.136. The minimum atomic E-state index is -0.998. The van der Waals surface area contributed by atoms with Gasteiger partial charge in [-0.25, -0.2) is 0 Å². The van der Waals surface area contributed by atoms with Crippen molar-refractivity contribution in [3.8, 4) is 0 Å². The zero-order valence-electron chi connectivity index (χ0n) is 12.5. The fourth-order valence-corrected chi connectivity index (χ4v) is 3.66. The Hall–Kier alpha value is -0.900. The standard InChI is InChI=1S/C17H27NO2/c1-20-14-17(19,15-9-5-4-6-10-15)16(13-18)11-7-2-3-8-12-16/h4-6,9-10,19H,2-3,7-8,11-14,18H2,1H3. The Morgan fingerprint density at radius 1 is 1.15 bits per heavy atom. The lowest BCUT2D eigenvalue weighted by Crippen LogP contribution is -2.53. The van der Waals surface area contributed by atoms with Gasteiger partial charge in [0.2, 0.25) is 0 Å². The number of nitrogens with two attached hydrogens (primary N) is 1. The lowest BCUT2D eigenvalue weighted by Gasteiger charge is -2.47. The Kier molecular flexibility index (Phi) is 5.19. The van der Waals surface area contributed by atoms with Crippen molar-refractivity contribution >= 4 is 0 Å². The molecule has 2 rings (SSSR count). The molecule has 0 spiro atoms. The van der Waals surface area contributed by atoms with Gasteiger partial charge in [-0.2, -0.15) is 0 Å². The van der Waals surface area contributed by atoms with Crippen LogP contribution < -0.4 is 5.73 Å². The maximum absolute atomic E-state index is 11.5. The third-order valence-corrected chi connectivity index (χ3v) is 4.93. The number of hydrogen-bond acceptors (Lipinski definition) is 3.